The van der Waals surface area contributed by atoms with Crippen LogP contribution in [0.1, 0.15) is 59.3 Å². The van der Waals surface area contributed by atoms with Crippen molar-refractivity contribution in [3.8, 4) is 0 Å². The van der Waals surface area contributed by atoms with Crippen LogP contribution in [0.25, 0.3) is 0 Å². The van der Waals surface area contributed by atoms with Crippen molar-refractivity contribution >= 4 is 11.9 Å². The van der Waals surface area contributed by atoms with Crippen LogP contribution in [-0.2, 0) is 19.1 Å². The van der Waals surface area contributed by atoms with Crippen LogP contribution < -0.4 is 0 Å². The van der Waals surface area contributed by atoms with Crippen LogP contribution in [-0.4, -0.2) is 25.2 Å². The molecule has 0 fully saturated rings. The number of hydrogen-bond donors (Lipinski definition) is 0. The van der Waals surface area contributed by atoms with Gasteiger partial charge >= 0.3 is 11.9 Å². The van der Waals surface area contributed by atoms with Gasteiger partial charge in [-0.1, -0.05) is 45.3 Å². The summed E-state index contributed by atoms with van der Waals surface area (Å²) in [5.41, 5.74) is 0. The van der Waals surface area contributed by atoms with E-state index in [1.54, 1.807) is 6.08 Å². The van der Waals surface area contributed by atoms with Gasteiger partial charge in [-0.25, -0.2) is 0 Å². The topological polar surface area (TPSA) is 52.6 Å². The number of hydrogen-bond acceptors (Lipinski definition) is 4. The Bertz CT molecular complexity index is 297. The minimum atomic E-state index is -0.363. The zero-order valence-corrected chi connectivity index (χ0v) is 13.0. The van der Waals surface area contributed by atoms with Crippen LogP contribution in [0.3, 0.4) is 0 Å². The van der Waals surface area contributed by atoms with Gasteiger partial charge in [-0.05, 0) is 19.3 Å². The van der Waals surface area contributed by atoms with Gasteiger partial charge in [-0.3, -0.25) is 9.59 Å². The molecule has 20 heavy (non-hydrogen) atoms. The van der Waals surface area contributed by atoms with Gasteiger partial charge in [0.05, 0.1) is 19.4 Å². The van der Waals surface area contributed by atoms with E-state index in [9.17, 15) is 9.59 Å². The van der Waals surface area contributed by atoms with E-state index in [0.717, 1.165) is 25.7 Å². The third kappa shape index (κ3) is 10.6. The highest BCUT2D eigenvalue weighted by Gasteiger charge is 2.12. The van der Waals surface area contributed by atoms with Gasteiger partial charge in [0.15, 0.2) is 0 Å². The number of allylic oxidation sites excluding steroid dienone is 1. The molecule has 4 nitrogen and oxygen atoms in total. The fourth-order valence-electron chi connectivity index (χ4n) is 1.69. The zero-order chi connectivity index (χ0) is 15.2. The molecule has 0 heterocycles. The summed E-state index contributed by atoms with van der Waals surface area (Å²) in [6.45, 7) is 6.83. The van der Waals surface area contributed by atoms with Gasteiger partial charge in [0.25, 0.3) is 0 Å². The lowest BCUT2D eigenvalue weighted by Crippen LogP contribution is -2.15. The second-order valence-electron chi connectivity index (χ2n) is 4.85. The minimum Gasteiger partial charge on any atom is -0.465 e. The number of carbonyl (C=O) groups excluding carboxylic acids is 2. The quantitative estimate of drug-likeness (QED) is 0.429. The van der Waals surface area contributed by atoms with E-state index in [2.05, 4.69) is 13.8 Å². The lowest BCUT2D eigenvalue weighted by Gasteiger charge is -2.14. The lowest BCUT2D eigenvalue weighted by atomic mass is 10.0. The first kappa shape index (κ1) is 18.7. The van der Waals surface area contributed by atoms with Crippen molar-refractivity contribution in [1.29, 1.82) is 0 Å². The molecule has 0 aromatic rings. The normalized spacial score (nSPS) is 12.3. The maximum atomic E-state index is 11.5. The van der Waals surface area contributed by atoms with E-state index < -0.39 is 0 Å². The summed E-state index contributed by atoms with van der Waals surface area (Å²) in [4.78, 5) is 22.8. The minimum absolute atomic E-state index is 0.0855. The molecule has 0 bridgehead atoms. The SMILES string of the molecule is C/C=C/COC(=O)CCC(=O)OCC(CC)CCCC. The molecule has 0 aliphatic carbocycles. The molecule has 0 radical (unpaired) electrons. The molecule has 0 amide bonds. The lowest BCUT2D eigenvalue weighted by molar-refractivity contribution is -0.150. The highest BCUT2D eigenvalue weighted by molar-refractivity contribution is 5.77. The summed E-state index contributed by atoms with van der Waals surface area (Å²) >= 11 is 0. The van der Waals surface area contributed by atoms with Crippen LogP contribution in [0.4, 0.5) is 0 Å². The second-order valence-corrected chi connectivity index (χ2v) is 4.85. The van der Waals surface area contributed by atoms with E-state index in [0.29, 0.717) is 12.5 Å². The van der Waals surface area contributed by atoms with Gasteiger partial charge < -0.3 is 9.47 Å². The van der Waals surface area contributed by atoms with Gasteiger partial charge in [0.1, 0.15) is 6.61 Å². The van der Waals surface area contributed by atoms with E-state index in [4.69, 9.17) is 9.47 Å². The molecule has 0 spiro atoms. The summed E-state index contributed by atoms with van der Waals surface area (Å²) in [5, 5.41) is 0. The summed E-state index contributed by atoms with van der Waals surface area (Å²) in [5.74, 6) is -0.249. The van der Waals surface area contributed by atoms with E-state index in [1.807, 2.05) is 13.0 Å². The van der Waals surface area contributed by atoms with Crippen molar-refractivity contribution in [2.75, 3.05) is 13.2 Å². The van der Waals surface area contributed by atoms with Gasteiger partial charge in [0, 0.05) is 0 Å². The summed E-state index contributed by atoms with van der Waals surface area (Å²) in [7, 11) is 0. The molecule has 0 saturated heterocycles. The molecular weight excluding hydrogens is 256 g/mol. The second kappa shape index (κ2) is 12.7. The van der Waals surface area contributed by atoms with Crippen molar-refractivity contribution in [3.63, 3.8) is 0 Å². The number of carbonyl (C=O) groups is 2. The first-order valence-corrected chi connectivity index (χ1v) is 7.56. The Morgan fingerprint density at radius 2 is 1.75 bits per heavy atom. The van der Waals surface area contributed by atoms with Crippen molar-refractivity contribution < 1.29 is 19.1 Å². The fraction of sp³-hybridized carbons (Fsp3) is 0.750. The fourth-order valence-corrected chi connectivity index (χ4v) is 1.69. The molecule has 1 unspecified atom stereocenters. The van der Waals surface area contributed by atoms with Crippen molar-refractivity contribution in [1.82, 2.24) is 0 Å². The Morgan fingerprint density at radius 3 is 2.30 bits per heavy atom. The van der Waals surface area contributed by atoms with Crippen molar-refractivity contribution in [2.45, 2.75) is 59.3 Å². The third-order valence-corrected chi connectivity index (χ3v) is 3.13. The molecule has 0 aromatic heterocycles. The summed E-state index contributed by atoms with van der Waals surface area (Å²) in [6.07, 6.45) is 8.15. The molecule has 4 heteroatoms. The van der Waals surface area contributed by atoms with Gasteiger partial charge in [-0.15, -0.1) is 0 Å². The van der Waals surface area contributed by atoms with E-state index in [1.165, 1.54) is 0 Å². The Balaban J connectivity index is 3.73. The largest absolute Gasteiger partial charge is 0.465 e. The number of rotatable bonds is 11. The Hall–Kier alpha value is -1.32. The van der Waals surface area contributed by atoms with Crippen LogP contribution in [0, 0.1) is 5.92 Å². The van der Waals surface area contributed by atoms with Crippen molar-refractivity contribution in [2.24, 2.45) is 5.92 Å². The Morgan fingerprint density at radius 1 is 1.10 bits per heavy atom. The number of unbranched alkanes of at least 4 members (excludes halogenated alkanes) is 1. The average molecular weight is 284 g/mol. The zero-order valence-electron chi connectivity index (χ0n) is 13.0. The average Bonchev–Trinajstić information content (AvgIpc) is 2.45. The van der Waals surface area contributed by atoms with Crippen molar-refractivity contribution in [3.05, 3.63) is 12.2 Å². The van der Waals surface area contributed by atoms with E-state index in [-0.39, 0.29) is 31.4 Å². The van der Waals surface area contributed by atoms with Crippen LogP contribution in [0.15, 0.2) is 12.2 Å². The highest BCUT2D eigenvalue weighted by Crippen LogP contribution is 2.13. The number of ether oxygens (including phenoxy) is 2. The predicted molar refractivity (Wildman–Crippen MR) is 79.3 cm³/mol. The summed E-state index contributed by atoms with van der Waals surface area (Å²) < 4.78 is 10.1. The smallest absolute Gasteiger partial charge is 0.306 e. The van der Waals surface area contributed by atoms with Crippen LogP contribution >= 0.6 is 0 Å². The number of esters is 2. The first-order chi connectivity index (χ1) is 9.63. The standard InChI is InChI=1S/C16H28O4/c1-4-7-9-14(6-3)13-20-16(18)11-10-15(17)19-12-8-5-2/h5,8,14H,4,6-7,9-13H2,1-3H3/b8-5+. The van der Waals surface area contributed by atoms with E-state index >= 15 is 0 Å². The molecule has 0 aliphatic rings. The maximum Gasteiger partial charge on any atom is 0.306 e. The van der Waals surface area contributed by atoms with Crippen LogP contribution in [0.2, 0.25) is 0 Å². The van der Waals surface area contributed by atoms with Gasteiger partial charge in [0.2, 0.25) is 0 Å². The maximum absolute atomic E-state index is 11.5. The highest BCUT2D eigenvalue weighted by atomic mass is 16.5. The molecule has 116 valence electrons. The molecule has 1 atom stereocenters. The predicted octanol–water partition coefficient (Wildman–Crippen LogP) is 3.65. The molecule has 0 aliphatic heterocycles. The third-order valence-electron chi connectivity index (χ3n) is 3.13. The molecule has 0 N–H and O–H groups in total. The Labute approximate surface area is 122 Å². The Kier molecular flexibility index (Phi) is 11.9. The summed E-state index contributed by atoms with van der Waals surface area (Å²) in [6, 6.07) is 0. The molecule has 0 saturated carbocycles. The van der Waals surface area contributed by atoms with Crippen LogP contribution in [0.5, 0.6) is 0 Å². The first-order valence-electron chi connectivity index (χ1n) is 7.56. The van der Waals surface area contributed by atoms with Gasteiger partial charge in [-0.2, -0.15) is 0 Å². The molecule has 0 rings (SSSR count). The molecule has 0 aromatic carbocycles. The molecular formula is C16H28O4. The monoisotopic (exact) mass is 284 g/mol.